The zero-order valence-corrected chi connectivity index (χ0v) is 11.7. The molecule has 0 radical (unpaired) electrons. The summed E-state index contributed by atoms with van der Waals surface area (Å²) in [5, 5.41) is 2.80. The number of aryl methyl sites for hydroxylation is 1. The molecule has 100 valence electrons. The summed E-state index contributed by atoms with van der Waals surface area (Å²) in [5.74, 6) is -0.474. The van der Waals surface area contributed by atoms with Crippen LogP contribution >= 0.6 is 11.3 Å². The minimum atomic E-state index is -0.373. The van der Waals surface area contributed by atoms with Crippen LogP contribution in [-0.2, 0) is 20.7 Å². The van der Waals surface area contributed by atoms with E-state index in [2.05, 4.69) is 4.98 Å². The fraction of sp³-hybridized carbons (Fsp3) is 0.583. The van der Waals surface area contributed by atoms with E-state index in [1.165, 1.54) is 16.2 Å². The van der Waals surface area contributed by atoms with Gasteiger partial charge in [-0.05, 0) is 20.8 Å². The van der Waals surface area contributed by atoms with Gasteiger partial charge in [-0.2, -0.15) is 0 Å². The van der Waals surface area contributed by atoms with Gasteiger partial charge in [0, 0.05) is 11.9 Å². The Balaban J connectivity index is 2.54. The highest BCUT2D eigenvalue weighted by molar-refractivity contribution is 7.09. The number of ether oxygens (including phenoxy) is 1. The van der Waals surface area contributed by atoms with Crippen molar-refractivity contribution in [1.29, 1.82) is 0 Å². The molecule has 1 amide bonds. The normalized spacial score (nSPS) is 10.2. The third-order valence-corrected chi connectivity index (χ3v) is 3.18. The third-order valence-electron chi connectivity index (χ3n) is 2.36. The number of hydrogen-bond donors (Lipinski definition) is 0. The van der Waals surface area contributed by atoms with E-state index in [1.807, 2.05) is 19.2 Å². The highest BCUT2D eigenvalue weighted by atomic mass is 32.1. The number of aromatic nitrogens is 1. The summed E-state index contributed by atoms with van der Waals surface area (Å²) >= 11 is 1.51. The van der Waals surface area contributed by atoms with E-state index in [9.17, 15) is 9.59 Å². The van der Waals surface area contributed by atoms with Crippen LogP contribution in [0.2, 0.25) is 0 Å². The quantitative estimate of drug-likeness (QED) is 0.733. The van der Waals surface area contributed by atoms with Gasteiger partial charge in [-0.3, -0.25) is 9.59 Å². The predicted molar refractivity (Wildman–Crippen MR) is 69.4 cm³/mol. The van der Waals surface area contributed by atoms with Crippen molar-refractivity contribution >= 4 is 23.2 Å². The summed E-state index contributed by atoms with van der Waals surface area (Å²) in [6.45, 7) is 6.30. The van der Waals surface area contributed by atoms with E-state index in [0.29, 0.717) is 13.2 Å². The first-order valence-corrected chi connectivity index (χ1v) is 6.79. The fourth-order valence-electron chi connectivity index (χ4n) is 1.49. The zero-order valence-electron chi connectivity index (χ0n) is 10.9. The molecule has 0 bridgehead atoms. The summed E-state index contributed by atoms with van der Waals surface area (Å²) in [4.78, 5) is 29.0. The van der Waals surface area contributed by atoms with Crippen molar-refractivity contribution in [2.24, 2.45) is 0 Å². The monoisotopic (exact) mass is 270 g/mol. The molecule has 1 rings (SSSR count). The van der Waals surface area contributed by atoms with Crippen LogP contribution in [0.15, 0.2) is 5.38 Å². The topological polar surface area (TPSA) is 59.5 Å². The van der Waals surface area contributed by atoms with Crippen LogP contribution in [0, 0.1) is 6.92 Å². The van der Waals surface area contributed by atoms with Crippen LogP contribution < -0.4 is 0 Å². The minimum Gasteiger partial charge on any atom is -0.465 e. The second-order valence-electron chi connectivity index (χ2n) is 3.75. The second kappa shape index (κ2) is 7.10. The van der Waals surface area contributed by atoms with Gasteiger partial charge in [-0.1, -0.05) is 0 Å². The van der Waals surface area contributed by atoms with E-state index in [0.717, 1.165) is 10.7 Å². The van der Waals surface area contributed by atoms with Gasteiger partial charge in [0.25, 0.3) is 0 Å². The average molecular weight is 270 g/mol. The molecule has 0 spiro atoms. The van der Waals surface area contributed by atoms with Crippen molar-refractivity contribution < 1.29 is 14.3 Å². The van der Waals surface area contributed by atoms with Crippen molar-refractivity contribution in [2.75, 3.05) is 19.7 Å². The minimum absolute atomic E-state index is 0.00624. The molecule has 1 aromatic rings. The Kier molecular flexibility index (Phi) is 5.77. The van der Waals surface area contributed by atoms with Gasteiger partial charge in [0.15, 0.2) is 0 Å². The molecule has 0 aliphatic carbocycles. The van der Waals surface area contributed by atoms with Crippen LogP contribution in [0.25, 0.3) is 0 Å². The molecule has 0 saturated carbocycles. The molecule has 6 heteroatoms. The Labute approximate surface area is 111 Å². The molecular weight excluding hydrogens is 252 g/mol. The van der Waals surface area contributed by atoms with Crippen LogP contribution in [0.5, 0.6) is 0 Å². The van der Waals surface area contributed by atoms with Gasteiger partial charge >= 0.3 is 5.97 Å². The molecule has 0 saturated heterocycles. The van der Waals surface area contributed by atoms with Gasteiger partial charge in [-0.25, -0.2) is 4.98 Å². The van der Waals surface area contributed by atoms with E-state index < -0.39 is 0 Å². The van der Waals surface area contributed by atoms with Crippen LogP contribution in [0.1, 0.15) is 24.5 Å². The molecule has 0 aromatic carbocycles. The number of nitrogens with zero attached hydrogens (tertiary/aromatic N) is 2. The maximum absolute atomic E-state index is 12.0. The van der Waals surface area contributed by atoms with Crippen molar-refractivity contribution in [3.05, 3.63) is 16.1 Å². The van der Waals surface area contributed by atoms with Crippen LogP contribution in [-0.4, -0.2) is 41.5 Å². The van der Waals surface area contributed by atoms with Crippen molar-refractivity contribution in [3.63, 3.8) is 0 Å². The van der Waals surface area contributed by atoms with E-state index in [4.69, 9.17) is 4.74 Å². The Morgan fingerprint density at radius 3 is 2.67 bits per heavy atom. The lowest BCUT2D eigenvalue weighted by atomic mass is 10.3. The van der Waals surface area contributed by atoms with E-state index in [1.54, 1.807) is 6.92 Å². The molecule has 0 aliphatic heterocycles. The largest absolute Gasteiger partial charge is 0.465 e. The second-order valence-corrected chi connectivity index (χ2v) is 4.81. The number of hydrogen-bond acceptors (Lipinski definition) is 5. The lowest BCUT2D eigenvalue weighted by Gasteiger charge is -2.19. The fourth-order valence-corrected chi connectivity index (χ4v) is 2.11. The SMILES string of the molecule is CCOC(=O)CN(CC)C(=O)Cc1csc(C)n1. The molecule has 0 aliphatic rings. The number of carbonyl (C=O) groups excluding carboxylic acids is 2. The lowest BCUT2D eigenvalue weighted by Crippen LogP contribution is -2.37. The molecule has 0 fully saturated rings. The van der Waals surface area contributed by atoms with Gasteiger partial charge < -0.3 is 9.64 Å². The van der Waals surface area contributed by atoms with Gasteiger partial charge in [0.05, 0.1) is 23.7 Å². The number of rotatable bonds is 6. The summed E-state index contributed by atoms with van der Waals surface area (Å²) < 4.78 is 4.83. The average Bonchev–Trinajstić information content (AvgIpc) is 2.72. The van der Waals surface area contributed by atoms with Crippen molar-refractivity contribution in [2.45, 2.75) is 27.2 Å². The molecule has 5 nitrogen and oxygen atoms in total. The number of carbonyl (C=O) groups is 2. The number of esters is 1. The maximum Gasteiger partial charge on any atom is 0.325 e. The number of amides is 1. The highest BCUT2D eigenvalue weighted by Gasteiger charge is 2.17. The first-order valence-electron chi connectivity index (χ1n) is 5.91. The molecule has 1 heterocycles. The Morgan fingerprint density at radius 1 is 1.44 bits per heavy atom. The van der Waals surface area contributed by atoms with Gasteiger partial charge in [0.1, 0.15) is 6.54 Å². The third kappa shape index (κ3) is 4.44. The molecule has 0 unspecified atom stereocenters. The molecular formula is C12H18N2O3S. The van der Waals surface area contributed by atoms with Crippen molar-refractivity contribution in [3.8, 4) is 0 Å². The predicted octanol–water partition coefficient (Wildman–Crippen LogP) is 1.41. The first kappa shape index (κ1) is 14.6. The molecule has 18 heavy (non-hydrogen) atoms. The van der Waals surface area contributed by atoms with Gasteiger partial charge in [0.2, 0.25) is 5.91 Å². The Morgan fingerprint density at radius 2 is 2.17 bits per heavy atom. The highest BCUT2D eigenvalue weighted by Crippen LogP contribution is 2.09. The van der Waals surface area contributed by atoms with Crippen LogP contribution in [0.4, 0.5) is 0 Å². The Bertz CT molecular complexity index is 417. The number of likely N-dealkylation sites (N-methyl/N-ethyl adjacent to an activating group) is 1. The van der Waals surface area contributed by atoms with Crippen molar-refractivity contribution in [1.82, 2.24) is 9.88 Å². The smallest absolute Gasteiger partial charge is 0.325 e. The van der Waals surface area contributed by atoms with E-state index in [-0.39, 0.29) is 24.8 Å². The Hall–Kier alpha value is -1.43. The maximum atomic E-state index is 12.0. The summed E-state index contributed by atoms with van der Waals surface area (Å²) in [6.07, 6.45) is 0.234. The van der Waals surface area contributed by atoms with Crippen LogP contribution in [0.3, 0.4) is 0 Å². The van der Waals surface area contributed by atoms with E-state index >= 15 is 0 Å². The lowest BCUT2D eigenvalue weighted by molar-refractivity contribution is -0.148. The standard InChI is InChI=1S/C12H18N2O3S/c1-4-14(7-12(16)17-5-2)11(15)6-10-8-18-9(3)13-10/h8H,4-7H2,1-3H3. The molecule has 0 atom stereocenters. The first-order chi connectivity index (χ1) is 8.56. The molecule has 1 aromatic heterocycles. The summed E-state index contributed by atoms with van der Waals surface area (Å²) in [6, 6.07) is 0. The zero-order chi connectivity index (χ0) is 13.5. The number of thiazole rings is 1. The summed E-state index contributed by atoms with van der Waals surface area (Å²) in [5.41, 5.74) is 0.754. The summed E-state index contributed by atoms with van der Waals surface area (Å²) in [7, 11) is 0. The van der Waals surface area contributed by atoms with Gasteiger partial charge in [-0.15, -0.1) is 11.3 Å². The molecule has 0 N–H and O–H groups in total.